The number of amides is 2. The van der Waals surface area contributed by atoms with Crippen molar-refractivity contribution in [2.24, 2.45) is 5.92 Å². The number of fused-ring (bicyclic) bond motifs is 3. The maximum Gasteiger partial charge on any atom is 0.248 e. The molecule has 1 aliphatic heterocycles. The lowest BCUT2D eigenvalue weighted by molar-refractivity contribution is -0.139. The van der Waals surface area contributed by atoms with E-state index in [4.69, 9.17) is 5.73 Å². The van der Waals surface area contributed by atoms with Crippen LogP contribution in [0, 0.1) is 12.8 Å². The summed E-state index contributed by atoms with van der Waals surface area (Å²) in [6.07, 6.45) is 1.99. The van der Waals surface area contributed by atoms with E-state index in [-0.39, 0.29) is 30.3 Å². The van der Waals surface area contributed by atoms with Gasteiger partial charge in [-0.15, -0.1) is 0 Å². The number of aryl methyl sites for hydroxylation is 1. The molecule has 1 aromatic carbocycles. The monoisotopic (exact) mass is 535 g/mol. The van der Waals surface area contributed by atoms with Gasteiger partial charge in [0.2, 0.25) is 11.8 Å². The number of halogens is 1. The van der Waals surface area contributed by atoms with Crippen LogP contribution in [0.5, 0.6) is 0 Å². The molecule has 4 aromatic rings. The number of nitrogen functional groups attached to an aromatic ring is 1. The molecule has 35 heavy (non-hydrogen) atoms. The third-order valence-electron chi connectivity index (χ3n) is 6.87. The number of aromatic nitrogens is 4. The predicted octanol–water partition coefficient (Wildman–Crippen LogP) is 3.90. The number of hydrogen-bond acceptors (Lipinski definition) is 6. The van der Waals surface area contributed by atoms with Gasteiger partial charge in [-0.05, 0) is 65.9 Å². The third kappa shape index (κ3) is 4.12. The van der Waals surface area contributed by atoms with Gasteiger partial charge in [0.15, 0.2) is 0 Å². The van der Waals surface area contributed by atoms with E-state index in [1.165, 1.54) is 6.33 Å². The van der Waals surface area contributed by atoms with Crippen LogP contribution in [0.25, 0.3) is 21.9 Å². The first-order valence-electron chi connectivity index (χ1n) is 11.5. The van der Waals surface area contributed by atoms with Gasteiger partial charge in [0.1, 0.15) is 40.8 Å². The fourth-order valence-electron chi connectivity index (χ4n) is 4.96. The second-order valence-corrected chi connectivity index (χ2v) is 9.98. The third-order valence-corrected chi connectivity index (χ3v) is 7.31. The maximum atomic E-state index is 13.8. The topological polar surface area (TPSA) is 119 Å². The van der Waals surface area contributed by atoms with Crippen molar-refractivity contribution < 1.29 is 9.59 Å². The zero-order valence-corrected chi connectivity index (χ0v) is 21.3. The van der Waals surface area contributed by atoms with Crippen LogP contribution in [-0.4, -0.2) is 48.3 Å². The Morgan fingerprint density at radius 3 is 2.77 bits per heavy atom. The number of rotatable bonds is 4. The van der Waals surface area contributed by atoms with Gasteiger partial charge in [-0.1, -0.05) is 25.1 Å². The Bertz CT molecular complexity index is 1470. The van der Waals surface area contributed by atoms with E-state index in [9.17, 15) is 9.59 Å². The number of nitrogens with one attached hydrogen (secondary N) is 1. The van der Waals surface area contributed by atoms with Crippen LogP contribution in [0.4, 0.5) is 11.6 Å². The lowest BCUT2D eigenvalue weighted by atomic mass is 10.0. The summed E-state index contributed by atoms with van der Waals surface area (Å²) in [5.74, 6) is 0.584. The van der Waals surface area contributed by atoms with Crippen molar-refractivity contribution in [2.75, 3.05) is 11.1 Å². The van der Waals surface area contributed by atoms with Crippen LogP contribution >= 0.6 is 15.9 Å². The van der Waals surface area contributed by atoms with Crippen molar-refractivity contribution in [3.63, 3.8) is 0 Å². The molecular weight excluding hydrogens is 510 g/mol. The van der Waals surface area contributed by atoms with Gasteiger partial charge in [-0.25, -0.2) is 15.0 Å². The minimum absolute atomic E-state index is 0.0376. The molecule has 2 amide bonds. The summed E-state index contributed by atoms with van der Waals surface area (Å²) in [5, 5.41) is 4.49. The standard InChI is InChI=1S/C25H26BrN7O2/c1-13-7-8-16-17(9-13)32(24-22(16)23(27)28-12-29-24)11-21(34)33-15(3)14(2)10-18(33)25(35)31-20-6-4-5-19(26)30-20/h4-9,12,14-15,18H,10-11H2,1-3H3,(H2,27,28,29)(H,30,31,35)/t14-,15-,18+/m1/s1. The maximum absolute atomic E-state index is 13.8. The van der Waals surface area contributed by atoms with Gasteiger partial charge in [-0.2, -0.15) is 0 Å². The van der Waals surface area contributed by atoms with Crippen LogP contribution in [0.15, 0.2) is 47.3 Å². The van der Waals surface area contributed by atoms with Gasteiger partial charge in [0, 0.05) is 11.4 Å². The Morgan fingerprint density at radius 1 is 1.20 bits per heavy atom. The van der Waals surface area contributed by atoms with E-state index in [2.05, 4.69) is 43.1 Å². The molecule has 4 heterocycles. The molecule has 5 rings (SSSR count). The zero-order valence-electron chi connectivity index (χ0n) is 19.7. The fraction of sp³-hybridized carbons (Fsp3) is 0.320. The molecular formula is C25H26BrN7O2. The highest BCUT2D eigenvalue weighted by atomic mass is 79.9. The highest BCUT2D eigenvalue weighted by Gasteiger charge is 2.43. The van der Waals surface area contributed by atoms with E-state index in [1.807, 2.05) is 36.6 Å². The fourth-order valence-corrected chi connectivity index (χ4v) is 5.31. The van der Waals surface area contributed by atoms with Crippen molar-refractivity contribution in [3.8, 4) is 0 Å². The molecule has 0 unspecified atom stereocenters. The number of carbonyl (C=O) groups excluding carboxylic acids is 2. The quantitative estimate of drug-likeness (QED) is 0.382. The number of carbonyl (C=O) groups is 2. The molecule has 3 atom stereocenters. The number of likely N-dealkylation sites (tertiary alicyclic amines) is 1. The smallest absolute Gasteiger partial charge is 0.248 e. The zero-order chi connectivity index (χ0) is 24.9. The first-order valence-corrected chi connectivity index (χ1v) is 12.3. The largest absolute Gasteiger partial charge is 0.383 e. The Hall–Kier alpha value is -3.53. The molecule has 0 saturated carbocycles. The van der Waals surface area contributed by atoms with Crippen molar-refractivity contribution in [3.05, 3.63) is 52.9 Å². The van der Waals surface area contributed by atoms with Crippen molar-refractivity contribution in [2.45, 2.75) is 45.8 Å². The van der Waals surface area contributed by atoms with Gasteiger partial charge < -0.3 is 20.5 Å². The molecule has 0 aliphatic carbocycles. The van der Waals surface area contributed by atoms with Crippen LogP contribution < -0.4 is 11.1 Å². The molecule has 180 valence electrons. The summed E-state index contributed by atoms with van der Waals surface area (Å²) in [6.45, 7) is 6.09. The average Bonchev–Trinajstić information content (AvgIpc) is 3.28. The lowest BCUT2D eigenvalue weighted by Crippen LogP contribution is -2.47. The van der Waals surface area contributed by atoms with Gasteiger partial charge in [0.25, 0.3) is 0 Å². The molecule has 1 saturated heterocycles. The van der Waals surface area contributed by atoms with E-state index < -0.39 is 6.04 Å². The van der Waals surface area contributed by atoms with Gasteiger partial charge >= 0.3 is 0 Å². The summed E-state index contributed by atoms with van der Waals surface area (Å²) in [7, 11) is 0. The second-order valence-electron chi connectivity index (χ2n) is 9.17. The SMILES string of the molecule is Cc1ccc2c3c(N)ncnc3n(CC(=O)N3[C@H](C)[C@H](C)C[C@H]3C(=O)Nc3cccc(Br)n3)c2c1. The first kappa shape index (κ1) is 23.2. The van der Waals surface area contributed by atoms with Gasteiger partial charge in [-0.3, -0.25) is 9.59 Å². The van der Waals surface area contributed by atoms with Gasteiger partial charge in [0.05, 0.1) is 10.9 Å². The average molecular weight is 536 g/mol. The number of nitrogens with two attached hydrogens (primary N) is 1. The molecule has 1 aliphatic rings. The minimum Gasteiger partial charge on any atom is -0.383 e. The molecule has 10 heteroatoms. The van der Waals surface area contributed by atoms with E-state index in [0.717, 1.165) is 21.9 Å². The number of anilines is 2. The highest BCUT2D eigenvalue weighted by Crippen LogP contribution is 2.34. The highest BCUT2D eigenvalue weighted by molar-refractivity contribution is 9.10. The summed E-state index contributed by atoms with van der Waals surface area (Å²) in [6, 6.07) is 10.6. The number of hydrogen-bond donors (Lipinski definition) is 2. The molecule has 9 nitrogen and oxygen atoms in total. The molecule has 0 spiro atoms. The molecule has 0 radical (unpaired) electrons. The van der Waals surface area contributed by atoms with Crippen molar-refractivity contribution in [1.82, 2.24) is 24.4 Å². The molecule has 3 N–H and O–H groups in total. The van der Waals surface area contributed by atoms with Crippen LogP contribution in [0.1, 0.15) is 25.8 Å². The summed E-state index contributed by atoms with van der Waals surface area (Å²) < 4.78 is 2.50. The van der Waals surface area contributed by atoms with Crippen LogP contribution in [0.3, 0.4) is 0 Å². The summed E-state index contributed by atoms with van der Waals surface area (Å²) in [4.78, 5) is 41.6. The molecule has 3 aromatic heterocycles. The number of benzene rings is 1. The Balaban J connectivity index is 1.49. The number of pyridine rings is 1. The Kier molecular flexibility index (Phi) is 5.92. The Morgan fingerprint density at radius 2 is 2.00 bits per heavy atom. The second kappa shape index (κ2) is 8.92. The van der Waals surface area contributed by atoms with E-state index in [1.54, 1.807) is 23.1 Å². The predicted molar refractivity (Wildman–Crippen MR) is 139 cm³/mol. The molecule has 1 fully saturated rings. The first-order chi connectivity index (χ1) is 16.7. The normalized spacial score (nSPS) is 20.0. The van der Waals surface area contributed by atoms with Crippen LogP contribution in [0.2, 0.25) is 0 Å². The Labute approximate surface area is 210 Å². The lowest BCUT2D eigenvalue weighted by Gasteiger charge is -2.29. The summed E-state index contributed by atoms with van der Waals surface area (Å²) >= 11 is 3.32. The van der Waals surface area contributed by atoms with Crippen molar-refractivity contribution in [1.29, 1.82) is 0 Å². The number of nitrogens with zero attached hydrogens (tertiary/aromatic N) is 5. The molecule has 0 bridgehead atoms. The van der Waals surface area contributed by atoms with E-state index >= 15 is 0 Å². The summed E-state index contributed by atoms with van der Waals surface area (Å²) in [5.41, 5.74) is 8.71. The van der Waals surface area contributed by atoms with Crippen molar-refractivity contribution >= 4 is 61.3 Å². The van der Waals surface area contributed by atoms with E-state index in [0.29, 0.717) is 28.3 Å². The van der Waals surface area contributed by atoms with Crippen LogP contribution in [-0.2, 0) is 16.1 Å². The minimum atomic E-state index is -0.595.